The maximum Gasteiger partial charge on any atom is 0.261 e. The molecule has 0 bridgehead atoms. The second-order valence-corrected chi connectivity index (χ2v) is 8.65. The lowest BCUT2D eigenvalue weighted by Gasteiger charge is -2.15. The Kier molecular flexibility index (Phi) is 4.78. The highest BCUT2D eigenvalue weighted by molar-refractivity contribution is 7.98. The summed E-state index contributed by atoms with van der Waals surface area (Å²) < 4.78 is 0. The topological polar surface area (TPSA) is 29.1 Å². The van der Waals surface area contributed by atoms with E-state index in [1.807, 2.05) is 48.5 Å². The number of fused-ring (bicyclic) bond motifs is 3. The van der Waals surface area contributed by atoms with Gasteiger partial charge in [0.15, 0.2) is 0 Å². The molecule has 2 aromatic carbocycles. The van der Waals surface area contributed by atoms with E-state index in [2.05, 4.69) is 5.32 Å². The fourth-order valence-electron chi connectivity index (χ4n) is 2.71. The fourth-order valence-corrected chi connectivity index (χ4v) is 5.44. The Hall–Kier alpha value is -1.46. The quantitative estimate of drug-likeness (QED) is 0.556. The molecule has 0 spiro atoms. The molecule has 2 heterocycles. The molecule has 2 nitrogen and oxygen atoms in total. The van der Waals surface area contributed by atoms with Gasteiger partial charge in [0, 0.05) is 37.7 Å². The van der Waals surface area contributed by atoms with Crippen LogP contribution in [0.5, 0.6) is 0 Å². The van der Waals surface area contributed by atoms with E-state index in [9.17, 15) is 4.79 Å². The van der Waals surface area contributed by atoms with Gasteiger partial charge in [0.1, 0.15) is 0 Å². The molecule has 126 valence electrons. The first kappa shape index (κ1) is 17.0. The van der Waals surface area contributed by atoms with E-state index in [0.717, 1.165) is 26.8 Å². The van der Waals surface area contributed by atoms with Crippen LogP contribution in [0.3, 0.4) is 0 Å². The highest BCUT2D eigenvalue weighted by Crippen LogP contribution is 2.46. The second kappa shape index (κ2) is 7.04. The van der Waals surface area contributed by atoms with Crippen LogP contribution in [0, 0.1) is 0 Å². The van der Waals surface area contributed by atoms with Crippen LogP contribution in [0.15, 0.2) is 53.4 Å². The van der Waals surface area contributed by atoms with Crippen molar-refractivity contribution in [2.45, 2.75) is 17.2 Å². The first-order valence-electron chi connectivity index (χ1n) is 7.68. The van der Waals surface area contributed by atoms with Gasteiger partial charge >= 0.3 is 0 Å². The molecule has 1 N–H and O–H groups in total. The molecule has 0 aliphatic carbocycles. The summed E-state index contributed by atoms with van der Waals surface area (Å²) in [6.07, 6.45) is 0. The average Bonchev–Trinajstić information content (AvgIpc) is 3.05. The molecule has 0 atom stereocenters. The number of carbonyl (C=O) groups excluding carboxylic acids is 1. The minimum atomic E-state index is -0.0464. The van der Waals surface area contributed by atoms with E-state index in [1.54, 1.807) is 11.8 Å². The monoisotopic (exact) mass is 405 g/mol. The van der Waals surface area contributed by atoms with Gasteiger partial charge in [0.25, 0.3) is 5.91 Å². The van der Waals surface area contributed by atoms with Crippen LogP contribution in [0.2, 0.25) is 10.0 Å². The Labute approximate surface area is 164 Å². The van der Waals surface area contributed by atoms with E-state index in [1.165, 1.54) is 26.7 Å². The number of hydrogen-bond acceptors (Lipinski definition) is 3. The van der Waals surface area contributed by atoms with Gasteiger partial charge in [0.2, 0.25) is 0 Å². The van der Waals surface area contributed by atoms with E-state index >= 15 is 0 Å². The van der Waals surface area contributed by atoms with Crippen molar-refractivity contribution >= 4 is 52.2 Å². The van der Waals surface area contributed by atoms with Gasteiger partial charge < -0.3 is 5.32 Å². The molecular formula is C19H13Cl2NOS2. The van der Waals surface area contributed by atoms with Crippen molar-refractivity contribution in [1.29, 1.82) is 0 Å². The third-order valence-corrected chi connectivity index (χ3v) is 6.77. The zero-order chi connectivity index (χ0) is 17.4. The molecule has 25 heavy (non-hydrogen) atoms. The first-order valence-corrected chi connectivity index (χ1v) is 10.2. The number of nitrogens with one attached hydrogen (secondary N) is 1. The van der Waals surface area contributed by atoms with E-state index in [-0.39, 0.29) is 5.91 Å². The summed E-state index contributed by atoms with van der Waals surface area (Å²) in [4.78, 5) is 15.6. The number of carbonyl (C=O) groups is 1. The normalized spacial score (nSPS) is 12.4. The molecule has 0 radical (unpaired) electrons. The zero-order valence-corrected chi connectivity index (χ0v) is 16.2. The smallest absolute Gasteiger partial charge is 0.261 e. The van der Waals surface area contributed by atoms with Crippen molar-refractivity contribution in [3.63, 3.8) is 0 Å². The lowest BCUT2D eigenvalue weighted by Crippen LogP contribution is -2.21. The average molecular weight is 406 g/mol. The van der Waals surface area contributed by atoms with Crippen LogP contribution in [-0.2, 0) is 12.3 Å². The van der Waals surface area contributed by atoms with Crippen molar-refractivity contribution in [2.75, 3.05) is 0 Å². The van der Waals surface area contributed by atoms with Gasteiger partial charge in [-0.15, -0.1) is 23.1 Å². The molecule has 0 unspecified atom stereocenters. The predicted octanol–water partition coefficient (Wildman–Crippen LogP) is 6.26. The number of rotatable bonds is 3. The van der Waals surface area contributed by atoms with Crippen molar-refractivity contribution in [3.8, 4) is 10.4 Å². The molecule has 1 aliphatic heterocycles. The summed E-state index contributed by atoms with van der Waals surface area (Å²) in [6.45, 7) is 0.486. The summed E-state index contributed by atoms with van der Waals surface area (Å²) in [5.41, 5.74) is 3.40. The molecule has 0 saturated carbocycles. The van der Waals surface area contributed by atoms with Crippen LogP contribution in [0.4, 0.5) is 0 Å². The highest BCUT2D eigenvalue weighted by Gasteiger charge is 2.22. The van der Waals surface area contributed by atoms with E-state index < -0.39 is 0 Å². The second-order valence-electron chi connectivity index (χ2n) is 5.70. The first-order chi connectivity index (χ1) is 12.1. The number of hydrogen-bond donors (Lipinski definition) is 1. The molecule has 0 fully saturated rings. The molecule has 1 aliphatic rings. The van der Waals surface area contributed by atoms with Crippen molar-refractivity contribution < 1.29 is 4.79 Å². The Morgan fingerprint density at radius 3 is 2.60 bits per heavy atom. The SMILES string of the molecule is O=C(NCc1ccc(Cl)cc1)c1cc2c(s1)-c1ccc(Cl)cc1SC2. The summed E-state index contributed by atoms with van der Waals surface area (Å²) in [5.74, 6) is 0.818. The molecular weight excluding hydrogens is 393 g/mol. The largest absolute Gasteiger partial charge is 0.347 e. The van der Waals surface area contributed by atoms with Gasteiger partial charge in [0.05, 0.1) is 4.88 Å². The van der Waals surface area contributed by atoms with Gasteiger partial charge in [-0.05, 0) is 41.5 Å². The maximum absolute atomic E-state index is 12.5. The maximum atomic E-state index is 12.5. The summed E-state index contributed by atoms with van der Waals surface area (Å²) >= 11 is 15.3. The number of benzene rings is 2. The van der Waals surface area contributed by atoms with Gasteiger partial charge in [-0.25, -0.2) is 0 Å². The zero-order valence-electron chi connectivity index (χ0n) is 13.0. The molecule has 1 amide bonds. The molecule has 3 aromatic rings. The van der Waals surface area contributed by atoms with Crippen LogP contribution in [0.25, 0.3) is 10.4 Å². The lowest BCUT2D eigenvalue weighted by molar-refractivity contribution is 0.0955. The number of thiophene rings is 1. The van der Waals surface area contributed by atoms with Gasteiger partial charge in [-0.2, -0.15) is 0 Å². The Bertz CT molecular complexity index is 951. The Balaban J connectivity index is 1.53. The van der Waals surface area contributed by atoms with Gasteiger partial charge in [-0.3, -0.25) is 4.79 Å². The van der Waals surface area contributed by atoms with Crippen molar-refractivity contribution in [3.05, 3.63) is 74.6 Å². The number of amides is 1. The third kappa shape index (κ3) is 3.58. The van der Waals surface area contributed by atoms with E-state index in [4.69, 9.17) is 23.2 Å². The third-order valence-electron chi connectivity index (χ3n) is 3.97. The minimum absolute atomic E-state index is 0.0464. The van der Waals surface area contributed by atoms with Crippen LogP contribution in [0.1, 0.15) is 20.8 Å². The Morgan fingerprint density at radius 1 is 1.04 bits per heavy atom. The van der Waals surface area contributed by atoms with Crippen LogP contribution >= 0.6 is 46.3 Å². The van der Waals surface area contributed by atoms with Gasteiger partial charge in [-0.1, -0.05) is 41.4 Å². The molecule has 0 saturated heterocycles. The van der Waals surface area contributed by atoms with Crippen LogP contribution in [-0.4, -0.2) is 5.91 Å². The fraction of sp³-hybridized carbons (Fsp3) is 0.105. The van der Waals surface area contributed by atoms with Crippen molar-refractivity contribution in [2.24, 2.45) is 0 Å². The standard InChI is InChI=1S/C19H13Cl2NOS2/c20-13-3-1-11(2-4-13)9-22-19(23)17-7-12-10-24-16-8-14(21)5-6-15(16)18(12)25-17/h1-8H,9-10H2,(H,22,23). The van der Waals surface area contributed by atoms with Crippen molar-refractivity contribution in [1.82, 2.24) is 5.32 Å². The summed E-state index contributed by atoms with van der Waals surface area (Å²) in [7, 11) is 0. The summed E-state index contributed by atoms with van der Waals surface area (Å²) in [6, 6.07) is 15.4. The number of halogens is 2. The summed E-state index contributed by atoms with van der Waals surface area (Å²) in [5, 5.41) is 4.41. The highest BCUT2D eigenvalue weighted by atomic mass is 35.5. The molecule has 6 heteroatoms. The van der Waals surface area contributed by atoms with E-state index in [0.29, 0.717) is 11.6 Å². The molecule has 4 rings (SSSR count). The minimum Gasteiger partial charge on any atom is -0.347 e. The van der Waals surface area contributed by atoms with Crippen LogP contribution < -0.4 is 5.32 Å². The lowest BCUT2D eigenvalue weighted by atomic mass is 10.1. The molecule has 1 aromatic heterocycles. The predicted molar refractivity (Wildman–Crippen MR) is 107 cm³/mol. The number of thioether (sulfide) groups is 1. The Morgan fingerprint density at radius 2 is 1.80 bits per heavy atom.